The van der Waals surface area contributed by atoms with E-state index in [4.69, 9.17) is 11.6 Å². The second-order valence-electron chi connectivity index (χ2n) is 4.94. The molecule has 0 spiro atoms. The Hall–Kier alpha value is -1.74. The first-order chi connectivity index (χ1) is 9.49. The molecule has 0 aliphatic heterocycles. The lowest BCUT2D eigenvalue weighted by atomic mass is 10.1. The maximum absolute atomic E-state index is 13.8. The predicted molar refractivity (Wildman–Crippen MR) is 84.2 cm³/mol. The Morgan fingerprint density at radius 3 is 2.50 bits per heavy atom. The maximum atomic E-state index is 13.8. The zero-order chi connectivity index (χ0) is 14.7. The van der Waals surface area contributed by atoms with E-state index in [1.165, 1.54) is 6.07 Å². The fourth-order valence-corrected chi connectivity index (χ4v) is 2.32. The van der Waals surface area contributed by atoms with Crippen LogP contribution in [0.25, 0.3) is 0 Å². The number of anilines is 2. The van der Waals surface area contributed by atoms with Crippen molar-refractivity contribution in [2.75, 3.05) is 24.3 Å². The molecular weight excluding hydrogens is 275 g/mol. The Morgan fingerprint density at radius 2 is 1.85 bits per heavy atom. The van der Waals surface area contributed by atoms with Gasteiger partial charge in [-0.05, 0) is 31.2 Å². The normalized spacial score (nSPS) is 12.1. The van der Waals surface area contributed by atoms with E-state index in [9.17, 15) is 4.39 Å². The third-order valence-corrected chi connectivity index (χ3v) is 3.42. The first kappa shape index (κ1) is 14.7. The van der Waals surface area contributed by atoms with E-state index >= 15 is 0 Å². The first-order valence-corrected chi connectivity index (χ1v) is 6.84. The number of rotatable bonds is 4. The van der Waals surface area contributed by atoms with Crippen LogP contribution in [0.1, 0.15) is 18.5 Å². The molecule has 0 heterocycles. The summed E-state index contributed by atoms with van der Waals surface area (Å²) in [6, 6.07) is 12.3. The van der Waals surface area contributed by atoms with Gasteiger partial charge in [-0.15, -0.1) is 0 Å². The number of nitrogens with one attached hydrogen (secondary N) is 1. The predicted octanol–water partition coefficient (Wildman–Crippen LogP) is 4.72. The molecule has 4 heteroatoms. The van der Waals surface area contributed by atoms with Gasteiger partial charge < -0.3 is 10.2 Å². The van der Waals surface area contributed by atoms with Crippen LogP contribution in [0.5, 0.6) is 0 Å². The second kappa shape index (κ2) is 6.14. The van der Waals surface area contributed by atoms with Crippen molar-refractivity contribution < 1.29 is 4.39 Å². The summed E-state index contributed by atoms with van der Waals surface area (Å²) in [5.41, 5.74) is 2.54. The molecular formula is C16H18ClFN2. The van der Waals surface area contributed by atoms with E-state index in [-0.39, 0.29) is 11.9 Å². The highest BCUT2D eigenvalue weighted by molar-refractivity contribution is 6.31. The third-order valence-electron chi connectivity index (χ3n) is 3.18. The van der Waals surface area contributed by atoms with Crippen LogP contribution in [0.15, 0.2) is 42.5 Å². The molecule has 2 aromatic rings. The second-order valence-corrected chi connectivity index (χ2v) is 5.38. The van der Waals surface area contributed by atoms with Gasteiger partial charge in [-0.2, -0.15) is 0 Å². The zero-order valence-electron chi connectivity index (χ0n) is 11.8. The number of hydrogen-bond donors (Lipinski definition) is 1. The quantitative estimate of drug-likeness (QED) is 0.877. The molecule has 2 aromatic carbocycles. The molecule has 0 aliphatic carbocycles. The molecule has 106 valence electrons. The highest BCUT2D eigenvalue weighted by Crippen LogP contribution is 2.31. The van der Waals surface area contributed by atoms with Crippen molar-refractivity contribution in [2.24, 2.45) is 0 Å². The van der Waals surface area contributed by atoms with Crippen LogP contribution >= 0.6 is 11.6 Å². The van der Waals surface area contributed by atoms with Crippen LogP contribution in [-0.4, -0.2) is 14.1 Å². The van der Waals surface area contributed by atoms with Gasteiger partial charge in [-0.25, -0.2) is 4.39 Å². The van der Waals surface area contributed by atoms with Gasteiger partial charge in [0.05, 0.1) is 17.4 Å². The van der Waals surface area contributed by atoms with Crippen molar-refractivity contribution in [1.82, 2.24) is 0 Å². The summed E-state index contributed by atoms with van der Waals surface area (Å²) >= 11 is 6.05. The molecule has 0 radical (unpaired) electrons. The van der Waals surface area contributed by atoms with Gasteiger partial charge in [0.2, 0.25) is 0 Å². The van der Waals surface area contributed by atoms with Crippen LogP contribution in [0.3, 0.4) is 0 Å². The molecule has 2 nitrogen and oxygen atoms in total. The zero-order valence-corrected chi connectivity index (χ0v) is 12.6. The van der Waals surface area contributed by atoms with E-state index in [0.717, 1.165) is 11.4 Å². The summed E-state index contributed by atoms with van der Waals surface area (Å²) in [4.78, 5) is 1.99. The largest absolute Gasteiger partial charge is 0.377 e. The van der Waals surface area contributed by atoms with Gasteiger partial charge in [-0.3, -0.25) is 0 Å². The average molecular weight is 293 g/mol. The molecule has 0 saturated heterocycles. The van der Waals surface area contributed by atoms with Crippen molar-refractivity contribution >= 4 is 23.0 Å². The minimum Gasteiger partial charge on any atom is -0.377 e. The molecule has 0 saturated carbocycles. The van der Waals surface area contributed by atoms with Crippen molar-refractivity contribution in [3.63, 3.8) is 0 Å². The van der Waals surface area contributed by atoms with Crippen LogP contribution in [-0.2, 0) is 0 Å². The average Bonchev–Trinajstić information content (AvgIpc) is 2.38. The van der Waals surface area contributed by atoms with Gasteiger partial charge in [0.15, 0.2) is 0 Å². The molecule has 1 atom stereocenters. The molecule has 1 unspecified atom stereocenters. The first-order valence-electron chi connectivity index (χ1n) is 6.47. The number of benzene rings is 2. The summed E-state index contributed by atoms with van der Waals surface area (Å²) in [7, 11) is 3.92. The molecule has 1 N–H and O–H groups in total. The number of nitrogens with zero attached hydrogens (tertiary/aromatic N) is 1. The summed E-state index contributed by atoms with van der Waals surface area (Å²) < 4.78 is 13.8. The van der Waals surface area contributed by atoms with Gasteiger partial charge >= 0.3 is 0 Å². The smallest absolute Gasteiger partial charge is 0.128 e. The number of hydrogen-bond acceptors (Lipinski definition) is 2. The van der Waals surface area contributed by atoms with E-state index in [0.29, 0.717) is 10.6 Å². The van der Waals surface area contributed by atoms with E-state index in [2.05, 4.69) is 5.32 Å². The minimum atomic E-state index is -0.207. The van der Waals surface area contributed by atoms with Gasteiger partial charge in [-0.1, -0.05) is 29.8 Å². The molecule has 2 rings (SSSR count). The lowest BCUT2D eigenvalue weighted by molar-refractivity contribution is 0.600. The Balaban J connectivity index is 2.30. The van der Waals surface area contributed by atoms with Crippen LogP contribution < -0.4 is 10.2 Å². The summed E-state index contributed by atoms with van der Waals surface area (Å²) in [6.45, 7) is 1.93. The van der Waals surface area contributed by atoms with Crippen LogP contribution in [0, 0.1) is 5.82 Å². The highest BCUT2D eigenvalue weighted by Gasteiger charge is 2.13. The van der Waals surface area contributed by atoms with Crippen molar-refractivity contribution in [3.05, 3.63) is 58.9 Å². The highest BCUT2D eigenvalue weighted by atomic mass is 35.5. The van der Waals surface area contributed by atoms with E-state index < -0.39 is 0 Å². The maximum Gasteiger partial charge on any atom is 0.128 e. The Kier molecular flexibility index (Phi) is 4.50. The lowest BCUT2D eigenvalue weighted by Crippen LogP contribution is -2.14. The molecule has 0 aliphatic rings. The molecule has 20 heavy (non-hydrogen) atoms. The molecule has 0 bridgehead atoms. The third kappa shape index (κ3) is 3.23. The summed E-state index contributed by atoms with van der Waals surface area (Å²) in [5, 5.41) is 3.98. The number of halogens is 2. The monoisotopic (exact) mass is 292 g/mol. The van der Waals surface area contributed by atoms with Crippen molar-refractivity contribution in [2.45, 2.75) is 13.0 Å². The topological polar surface area (TPSA) is 15.3 Å². The van der Waals surface area contributed by atoms with Crippen LogP contribution in [0.2, 0.25) is 5.02 Å². The Labute approximate surface area is 124 Å². The fraction of sp³-hybridized carbons (Fsp3) is 0.250. The summed E-state index contributed by atoms with van der Waals surface area (Å²) in [6.07, 6.45) is 0. The molecule has 0 amide bonds. The molecule has 0 aromatic heterocycles. The van der Waals surface area contributed by atoms with Crippen molar-refractivity contribution in [1.29, 1.82) is 0 Å². The van der Waals surface area contributed by atoms with Crippen molar-refractivity contribution in [3.8, 4) is 0 Å². The fourth-order valence-electron chi connectivity index (χ4n) is 2.15. The summed E-state index contributed by atoms with van der Waals surface area (Å²) in [5.74, 6) is -0.207. The lowest BCUT2D eigenvalue weighted by Gasteiger charge is -2.22. The van der Waals surface area contributed by atoms with Crippen LogP contribution in [0.4, 0.5) is 15.8 Å². The standard InChI is InChI=1S/C16H18ClFN2/c1-11(13-6-4-5-7-14(13)18)19-15-10-12(17)8-9-16(15)20(2)3/h4-11,19H,1-3H3. The Bertz CT molecular complexity index is 599. The minimum absolute atomic E-state index is 0.145. The van der Waals surface area contributed by atoms with Gasteiger partial charge in [0.1, 0.15) is 5.82 Å². The van der Waals surface area contributed by atoms with Gasteiger partial charge in [0, 0.05) is 24.7 Å². The van der Waals surface area contributed by atoms with E-state index in [1.807, 2.05) is 50.2 Å². The SMILES string of the molecule is CC(Nc1cc(Cl)ccc1N(C)C)c1ccccc1F. The Morgan fingerprint density at radius 1 is 1.15 bits per heavy atom. The molecule has 0 fully saturated rings. The van der Waals surface area contributed by atoms with Gasteiger partial charge in [0.25, 0.3) is 0 Å². The van der Waals surface area contributed by atoms with E-state index in [1.54, 1.807) is 12.1 Å².